The summed E-state index contributed by atoms with van der Waals surface area (Å²) in [6.07, 6.45) is 4.44. The molecule has 0 fully saturated rings. The Labute approximate surface area is 176 Å². The molecule has 0 radical (unpaired) electrons. The van der Waals surface area contributed by atoms with E-state index >= 15 is 0 Å². The van der Waals surface area contributed by atoms with Crippen molar-refractivity contribution in [2.24, 2.45) is 0 Å². The van der Waals surface area contributed by atoms with E-state index in [9.17, 15) is 9.90 Å². The Bertz CT molecular complexity index is 988. The van der Waals surface area contributed by atoms with Gasteiger partial charge in [0.15, 0.2) is 5.69 Å². The van der Waals surface area contributed by atoms with Crippen molar-refractivity contribution < 1.29 is 9.90 Å². The SMILES string of the molecule is CC(NC(=O)c1nn(CCO)c2c1CN(Cc1cccnc1)CC2)c1ccccc1. The van der Waals surface area contributed by atoms with Crippen LogP contribution in [0.25, 0.3) is 0 Å². The number of rotatable bonds is 7. The summed E-state index contributed by atoms with van der Waals surface area (Å²) < 4.78 is 1.79. The summed E-state index contributed by atoms with van der Waals surface area (Å²) in [5.41, 5.74) is 4.65. The molecule has 3 heterocycles. The molecule has 1 unspecified atom stereocenters. The number of aliphatic hydroxyl groups excluding tert-OH is 1. The van der Waals surface area contributed by atoms with Gasteiger partial charge in [-0.3, -0.25) is 19.4 Å². The Kier molecular flexibility index (Phi) is 6.21. The van der Waals surface area contributed by atoms with E-state index in [0.717, 1.165) is 41.9 Å². The number of aliphatic hydroxyl groups is 1. The van der Waals surface area contributed by atoms with Crippen LogP contribution in [0.15, 0.2) is 54.9 Å². The van der Waals surface area contributed by atoms with Crippen molar-refractivity contribution in [1.29, 1.82) is 0 Å². The van der Waals surface area contributed by atoms with Gasteiger partial charge in [-0.2, -0.15) is 5.10 Å². The monoisotopic (exact) mass is 405 g/mol. The van der Waals surface area contributed by atoms with E-state index in [1.54, 1.807) is 10.9 Å². The molecule has 0 aliphatic carbocycles. The quantitative estimate of drug-likeness (QED) is 0.630. The van der Waals surface area contributed by atoms with Gasteiger partial charge in [0, 0.05) is 49.7 Å². The summed E-state index contributed by atoms with van der Waals surface area (Å²) in [5, 5.41) is 17.1. The van der Waals surface area contributed by atoms with Gasteiger partial charge in [-0.05, 0) is 24.1 Å². The molecule has 3 aromatic rings. The fraction of sp³-hybridized carbons (Fsp3) is 0.348. The van der Waals surface area contributed by atoms with E-state index in [-0.39, 0.29) is 18.6 Å². The van der Waals surface area contributed by atoms with Crippen LogP contribution in [0.4, 0.5) is 0 Å². The Hall–Kier alpha value is -3.03. The Morgan fingerprint density at radius 1 is 1.23 bits per heavy atom. The maximum Gasteiger partial charge on any atom is 0.272 e. The normalized spacial score (nSPS) is 14.9. The zero-order chi connectivity index (χ0) is 20.9. The molecule has 30 heavy (non-hydrogen) atoms. The van der Waals surface area contributed by atoms with Crippen LogP contribution in [0, 0.1) is 0 Å². The zero-order valence-electron chi connectivity index (χ0n) is 17.2. The van der Waals surface area contributed by atoms with Gasteiger partial charge in [0.1, 0.15) is 0 Å². The van der Waals surface area contributed by atoms with E-state index in [1.807, 2.05) is 49.5 Å². The summed E-state index contributed by atoms with van der Waals surface area (Å²) in [7, 11) is 0. The van der Waals surface area contributed by atoms with E-state index < -0.39 is 0 Å². The number of hydrogen-bond acceptors (Lipinski definition) is 5. The molecule has 1 atom stereocenters. The fourth-order valence-electron chi connectivity index (χ4n) is 3.98. The second-order valence-corrected chi connectivity index (χ2v) is 7.65. The highest BCUT2D eigenvalue weighted by molar-refractivity contribution is 5.94. The number of nitrogens with zero attached hydrogens (tertiary/aromatic N) is 4. The lowest BCUT2D eigenvalue weighted by molar-refractivity contribution is 0.0931. The number of fused-ring (bicyclic) bond motifs is 1. The molecule has 1 aliphatic rings. The molecular formula is C23H27N5O2. The third-order valence-electron chi connectivity index (χ3n) is 5.52. The summed E-state index contributed by atoms with van der Waals surface area (Å²) >= 11 is 0. The Morgan fingerprint density at radius 2 is 2.07 bits per heavy atom. The smallest absolute Gasteiger partial charge is 0.272 e. The molecule has 7 nitrogen and oxygen atoms in total. The molecule has 4 rings (SSSR count). The van der Waals surface area contributed by atoms with Gasteiger partial charge in [-0.1, -0.05) is 36.4 Å². The summed E-state index contributed by atoms with van der Waals surface area (Å²) in [5.74, 6) is -0.178. The fourth-order valence-corrected chi connectivity index (χ4v) is 3.98. The molecule has 1 aliphatic heterocycles. The molecular weight excluding hydrogens is 378 g/mol. The van der Waals surface area contributed by atoms with Crippen molar-refractivity contribution in [3.8, 4) is 0 Å². The molecule has 0 saturated carbocycles. The first-order valence-electron chi connectivity index (χ1n) is 10.3. The molecule has 2 N–H and O–H groups in total. The van der Waals surface area contributed by atoms with Crippen molar-refractivity contribution in [3.05, 3.63) is 82.9 Å². The van der Waals surface area contributed by atoms with Crippen LogP contribution in [0.5, 0.6) is 0 Å². The van der Waals surface area contributed by atoms with E-state index in [2.05, 4.69) is 26.4 Å². The highest BCUT2D eigenvalue weighted by Gasteiger charge is 2.28. The van der Waals surface area contributed by atoms with Crippen LogP contribution in [0.3, 0.4) is 0 Å². The molecule has 1 amide bonds. The lowest BCUT2D eigenvalue weighted by Gasteiger charge is -2.27. The summed E-state index contributed by atoms with van der Waals surface area (Å²) in [6, 6.07) is 13.8. The topological polar surface area (TPSA) is 83.3 Å². The minimum Gasteiger partial charge on any atom is -0.394 e. The van der Waals surface area contributed by atoms with Gasteiger partial charge in [-0.25, -0.2) is 0 Å². The number of hydrogen-bond donors (Lipinski definition) is 2. The van der Waals surface area contributed by atoms with Crippen molar-refractivity contribution in [3.63, 3.8) is 0 Å². The van der Waals surface area contributed by atoms with Crippen LogP contribution in [0.2, 0.25) is 0 Å². The predicted molar refractivity (Wildman–Crippen MR) is 114 cm³/mol. The molecule has 0 spiro atoms. The average Bonchev–Trinajstić information content (AvgIpc) is 3.13. The zero-order valence-corrected chi connectivity index (χ0v) is 17.2. The summed E-state index contributed by atoms with van der Waals surface area (Å²) in [6.45, 7) is 4.67. The number of amides is 1. The molecule has 1 aromatic carbocycles. The molecule has 0 bridgehead atoms. The highest BCUT2D eigenvalue weighted by atomic mass is 16.3. The van der Waals surface area contributed by atoms with Crippen LogP contribution in [0.1, 0.15) is 45.8 Å². The first-order valence-corrected chi connectivity index (χ1v) is 10.3. The van der Waals surface area contributed by atoms with Gasteiger partial charge >= 0.3 is 0 Å². The van der Waals surface area contributed by atoms with Crippen LogP contribution in [-0.4, -0.2) is 43.8 Å². The largest absolute Gasteiger partial charge is 0.394 e. The van der Waals surface area contributed by atoms with E-state index in [0.29, 0.717) is 18.8 Å². The number of pyridine rings is 1. The van der Waals surface area contributed by atoms with Gasteiger partial charge in [0.2, 0.25) is 0 Å². The van der Waals surface area contributed by atoms with Crippen molar-refractivity contribution >= 4 is 5.91 Å². The molecule has 2 aromatic heterocycles. The average molecular weight is 406 g/mol. The Balaban J connectivity index is 1.55. The number of benzene rings is 1. The first kappa shape index (κ1) is 20.3. The van der Waals surface area contributed by atoms with Crippen molar-refractivity contribution in [2.75, 3.05) is 13.2 Å². The first-order chi connectivity index (χ1) is 14.7. The minimum atomic E-state index is -0.178. The number of aromatic nitrogens is 3. The standard InChI is InChI=1S/C23H27N5O2/c1-17(19-7-3-2-4-8-19)25-23(30)22-20-16-27(15-18-6-5-10-24-14-18)11-9-21(20)28(26-22)12-13-29/h2-8,10,14,17,29H,9,11-13,15-16H2,1H3,(H,25,30). The number of carbonyl (C=O) groups excluding carboxylic acids is 1. The Morgan fingerprint density at radius 3 is 2.80 bits per heavy atom. The van der Waals surface area contributed by atoms with Crippen molar-refractivity contribution in [1.82, 2.24) is 25.0 Å². The third-order valence-corrected chi connectivity index (χ3v) is 5.52. The van der Waals surface area contributed by atoms with Gasteiger partial charge < -0.3 is 10.4 Å². The third kappa shape index (κ3) is 4.42. The number of carbonyl (C=O) groups is 1. The second kappa shape index (κ2) is 9.19. The molecule has 0 saturated heterocycles. The van der Waals surface area contributed by atoms with Crippen LogP contribution < -0.4 is 5.32 Å². The predicted octanol–water partition coefficient (Wildman–Crippen LogP) is 2.32. The van der Waals surface area contributed by atoms with Crippen LogP contribution >= 0.6 is 0 Å². The van der Waals surface area contributed by atoms with Crippen molar-refractivity contribution in [2.45, 2.75) is 39.0 Å². The number of nitrogens with one attached hydrogen (secondary N) is 1. The van der Waals surface area contributed by atoms with Gasteiger partial charge in [0.05, 0.1) is 19.2 Å². The minimum absolute atomic E-state index is 0.00496. The van der Waals surface area contributed by atoms with Gasteiger partial charge in [0.25, 0.3) is 5.91 Å². The second-order valence-electron chi connectivity index (χ2n) is 7.65. The highest BCUT2D eigenvalue weighted by Crippen LogP contribution is 2.25. The summed E-state index contributed by atoms with van der Waals surface area (Å²) in [4.78, 5) is 19.6. The van der Waals surface area contributed by atoms with E-state index in [4.69, 9.17) is 0 Å². The van der Waals surface area contributed by atoms with Crippen LogP contribution in [-0.2, 0) is 26.1 Å². The van der Waals surface area contributed by atoms with Gasteiger partial charge in [-0.15, -0.1) is 0 Å². The van der Waals surface area contributed by atoms with E-state index in [1.165, 1.54) is 0 Å². The lowest BCUT2D eigenvalue weighted by atomic mass is 10.0. The maximum atomic E-state index is 13.1. The maximum absolute atomic E-state index is 13.1. The molecule has 7 heteroatoms. The lowest BCUT2D eigenvalue weighted by Crippen LogP contribution is -2.33. The molecule has 156 valence electrons.